The van der Waals surface area contributed by atoms with E-state index in [4.69, 9.17) is 9.52 Å². The van der Waals surface area contributed by atoms with Gasteiger partial charge in [-0.05, 0) is 12.1 Å². The Hall–Kier alpha value is -2.31. The van der Waals surface area contributed by atoms with Crippen LogP contribution in [-0.4, -0.2) is 16.1 Å². The van der Waals surface area contributed by atoms with Gasteiger partial charge in [0.05, 0.1) is 0 Å². The van der Waals surface area contributed by atoms with E-state index in [-0.39, 0.29) is 11.3 Å². The van der Waals surface area contributed by atoms with E-state index in [0.29, 0.717) is 12.1 Å². The summed E-state index contributed by atoms with van der Waals surface area (Å²) in [6, 6.07) is 1.26. The molecule has 1 heterocycles. The molecule has 0 fully saturated rings. The molecule has 0 saturated carbocycles. The van der Waals surface area contributed by atoms with Gasteiger partial charge >= 0.3 is 5.97 Å². The van der Waals surface area contributed by atoms with Gasteiger partial charge in [-0.2, -0.15) is 0 Å². The highest BCUT2D eigenvalue weighted by molar-refractivity contribution is 5.92. The first kappa shape index (κ1) is 11.2. The zero-order valence-corrected chi connectivity index (χ0v) is 8.08. The molecule has 0 bridgehead atoms. The first-order valence-corrected chi connectivity index (χ1v) is 4.32. The maximum atomic E-state index is 12.9. The first-order chi connectivity index (χ1) is 8.00. The quantitative estimate of drug-likeness (QED) is 0.823. The number of aromatic nitrogens is 1. The molecule has 0 saturated heterocycles. The van der Waals surface area contributed by atoms with Crippen molar-refractivity contribution in [2.24, 2.45) is 0 Å². The number of carboxylic acid groups (broad SMARTS) is 1. The average Bonchev–Trinajstić information content (AvgIpc) is 2.74. The molecule has 1 N–H and O–H groups in total. The van der Waals surface area contributed by atoms with Gasteiger partial charge < -0.3 is 9.52 Å². The van der Waals surface area contributed by atoms with Gasteiger partial charge in [0.2, 0.25) is 0 Å². The van der Waals surface area contributed by atoms with Crippen molar-refractivity contribution in [1.29, 1.82) is 0 Å². The molecule has 1 aromatic carbocycles. The summed E-state index contributed by atoms with van der Waals surface area (Å²) >= 11 is 0. The Morgan fingerprint density at radius 3 is 2.35 bits per heavy atom. The monoisotopic (exact) mass is 243 g/mol. The summed E-state index contributed by atoms with van der Waals surface area (Å²) in [5, 5.41) is 8.72. The Labute approximate surface area is 92.3 Å². The number of carbonyl (C=O) groups is 1. The van der Waals surface area contributed by atoms with E-state index in [2.05, 4.69) is 4.98 Å². The van der Waals surface area contributed by atoms with Gasteiger partial charge in [-0.3, -0.25) is 0 Å². The molecular formula is C10H4F3NO3. The minimum absolute atomic E-state index is 0.240. The second-order valence-corrected chi connectivity index (χ2v) is 3.09. The Morgan fingerprint density at radius 1 is 1.24 bits per heavy atom. The predicted octanol–water partition coefficient (Wildman–Crippen LogP) is 2.46. The lowest BCUT2D eigenvalue weighted by Crippen LogP contribution is -1.99. The van der Waals surface area contributed by atoms with Crippen molar-refractivity contribution in [3.63, 3.8) is 0 Å². The molecule has 0 amide bonds. The van der Waals surface area contributed by atoms with Crippen LogP contribution in [0.15, 0.2) is 22.9 Å². The molecule has 0 spiro atoms. The van der Waals surface area contributed by atoms with Gasteiger partial charge in [0.15, 0.2) is 35.3 Å². The number of halogens is 3. The fourth-order valence-electron chi connectivity index (χ4n) is 1.29. The third-order valence-electron chi connectivity index (χ3n) is 2.02. The van der Waals surface area contributed by atoms with Gasteiger partial charge in [0.25, 0.3) is 0 Å². The summed E-state index contributed by atoms with van der Waals surface area (Å²) in [6.07, 6.45) is 0.817. The van der Waals surface area contributed by atoms with Crippen LogP contribution in [0.4, 0.5) is 13.2 Å². The first-order valence-electron chi connectivity index (χ1n) is 4.32. The van der Waals surface area contributed by atoms with Crippen LogP contribution in [0.1, 0.15) is 10.5 Å². The molecule has 4 nitrogen and oxygen atoms in total. The number of aromatic carboxylic acids is 1. The van der Waals surface area contributed by atoms with Crippen molar-refractivity contribution in [3.05, 3.63) is 41.7 Å². The van der Waals surface area contributed by atoms with Crippen molar-refractivity contribution in [2.75, 3.05) is 0 Å². The molecule has 0 aliphatic heterocycles. The number of hydrogen-bond acceptors (Lipinski definition) is 3. The van der Waals surface area contributed by atoms with Gasteiger partial charge in [0.1, 0.15) is 0 Å². The van der Waals surface area contributed by atoms with Crippen LogP contribution < -0.4 is 0 Å². The van der Waals surface area contributed by atoms with E-state index < -0.39 is 29.1 Å². The summed E-state index contributed by atoms with van der Waals surface area (Å²) in [4.78, 5) is 14.1. The second-order valence-electron chi connectivity index (χ2n) is 3.09. The standard InChI is InChI=1S/C10H4F3NO3/c11-5-1-4(2-6(12)7(5)13)9-8(10(15)16)14-3-17-9/h1-3H,(H,15,16). The molecule has 0 atom stereocenters. The van der Waals surface area contributed by atoms with Crippen LogP contribution in [0.25, 0.3) is 11.3 Å². The zero-order chi connectivity index (χ0) is 12.6. The number of nitrogens with zero attached hydrogens (tertiary/aromatic N) is 1. The maximum Gasteiger partial charge on any atom is 0.358 e. The topological polar surface area (TPSA) is 63.3 Å². The highest BCUT2D eigenvalue weighted by Crippen LogP contribution is 2.26. The van der Waals surface area contributed by atoms with Crippen molar-refractivity contribution in [2.45, 2.75) is 0 Å². The third-order valence-corrected chi connectivity index (χ3v) is 2.02. The number of hydrogen-bond donors (Lipinski definition) is 1. The van der Waals surface area contributed by atoms with Crippen LogP contribution >= 0.6 is 0 Å². The van der Waals surface area contributed by atoms with Gasteiger partial charge in [-0.25, -0.2) is 22.9 Å². The molecule has 17 heavy (non-hydrogen) atoms. The van der Waals surface area contributed by atoms with Crippen molar-refractivity contribution in [3.8, 4) is 11.3 Å². The van der Waals surface area contributed by atoms with Crippen molar-refractivity contribution in [1.82, 2.24) is 4.98 Å². The van der Waals surface area contributed by atoms with Crippen molar-refractivity contribution >= 4 is 5.97 Å². The van der Waals surface area contributed by atoms with E-state index in [9.17, 15) is 18.0 Å². The number of carboxylic acids is 1. The summed E-state index contributed by atoms with van der Waals surface area (Å²) in [7, 11) is 0. The second kappa shape index (κ2) is 3.93. The molecular weight excluding hydrogens is 239 g/mol. The van der Waals surface area contributed by atoms with Crippen LogP contribution in [0.3, 0.4) is 0 Å². The summed E-state index contributed by atoms with van der Waals surface area (Å²) < 4.78 is 43.3. The fraction of sp³-hybridized carbons (Fsp3) is 0. The number of benzene rings is 1. The molecule has 0 radical (unpaired) electrons. The molecule has 7 heteroatoms. The van der Waals surface area contributed by atoms with Gasteiger partial charge in [0, 0.05) is 5.56 Å². The lowest BCUT2D eigenvalue weighted by atomic mass is 10.1. The minimum Gasteiger partial charge on any atom is -0.476 e. The van der Waals surface area contributed by atoms with Gasteiger partial charge in [-0.1, -0.05) is 0 Å². The zero-order valence-electron chi connectivity index (χ0n) is 8.08. The molecule has 0 aliphatic carbocycles. The predicted molar refractivity (Wildman–Crippen MR) is 48.8 cm³/mol. The Kier molecular flexibility index (Phi) is 2.58. The minimum atomic E-state index is -1.63. The van der Waals surface area contributed by atoms with E-state index in [0.717, 1.165) is 6.39 Å². The van der Waals surface area contributed by atoms with Crippen LogP contribution in [0.2, 0.25) is 0 Å². The van der Waals surface area contributed by atoms with Crippen LogP contribution in [0.5, 0.6) is 0 Å². The molecule has 2 rings (SSSR count). The third kappa shape index (κ3) is 1.86. The maximum absolute atomic E-state index is 12.9. The lowest BCUT2D eigenvalue weighted by molar-refractivity contribution is 0.0691. The number of rotatable bonds is 2. The molecule has 0 unspecified atom stereocenters. The van der Waals surface area contributed by atoms with Crippen molar-refractivity contribution < 1.29 is 27.5 Å². The SMILES string of the molecule is O=C(O)c1ncoc1-c1cc(F)c(F)c(F)c1. The van der Waals surface area contributed by atoms with E-state index >= 15 is 0 Å². The lowest BCUT2D eigenvalue weighted by Gasteiger charge is -2.00. The largest absolute Gasteiger partial charge is 0.476 e. The molecule has 0 aliphatic rings. The summed E-state index contributed by atoms with van der Waals surface area (Å²) in [5.41, 5.74) is -0.744. The summed E-state index contributed by atoms with van der Waals surface area (Å²) in [5.74, 6) is -6.26. The van der Waals surface area contributed by atoms with Gasteiger partial charge in [-0.15, -0.1) is 0 Å². The smallest absolute Gasteiger partial charge is 0.358 e. The van der Waals surface area contributed by atoms with E-state index in [1.807, 2.05) is 0 Å². The van der Waals surface area contributed by atoms with E-state index in [1.165, 1.54) is 0 Å². The van der Waals surface area contributed by atoms with Crippen LogP contribution in [0, 0.1) is 17.5 Å². The average molecular weight is 243 g/mol. The normalized spacial score (nSPS) is 10.5. The summed E-state index contributed by atoms with van der Waals surface area (Å²) in [6.45, 7) is 0. The number of oxazole rings is 1. The highest BCUT2D eigenvalue weighted by atomic mass is 19.2. The Morgan fingerprint density at radius 2 is 1.82 bits per heavy atom. The Bertz CT molecular complexity index is 571. The highest BCUT2D eigenvalue weighted by Gasteiger charge is 2.20. The van der Waals surface area contributed by atoms with E-state index in [1.54, 1.807) is 0 Å². The molecule has 88 valence electrons. The molecule has 1 aromatic heterocycles. The molecule has 2 aromatic rings. The Balaban J connectivity index is 2.61. The van der Waals surface area contributed by atoms with Crippen LogP contribution in [-0.2, 0) is 0 Å². The fourth-order valence-corrected chi connectivity index (χ4v) is 1.29.